The number of methoxy groups -OCH3 is 1. The van der Waals surface area contributed by atoms with Crippen molar-refractivity contribution >= 4 is 29.2 Å². The summed E-state index contributed by atoms with van der Waals surface area (Å²) >= 11 is 0. The summed E-state index contributed by atoms with van der Waals surface area (Å²) in [4.78, 5) is 35.9. The lowest BCUT2D eigenvalue weighted by Crippen LogP contribution is -2.23. The van der Waals surface area contributed by atoms with Crippen LogP contribution in [-0.2, 0) is 14.3 Å². The van der Waals surface area contributed by atoms with E-state index in [0.29, 0.717) is 16.9 Å². The van der Waals surface area contributed by atoms with Gasteiger partial charge in [0.15, 0.2) is 0 Å². The van der Waals surface area contributed by atoms with Gasteiger partial charge in [-0.1, -0.05) is 18.2 Å². The third-order valence-corrected chi connectivity index (χ3v) is 3.79. The summed E-state index contributed by atoms with van der Waals surface area (Å²) in [6, 6.07) is 11.7. The SMILES string of the molecule is CCOC(=O)c1ccccc1NC(=O)CNc1cc(C(=O)OC)ccc1C. The van der Waals surface area contributed by atoms with Gasteiger partial charge in [0, 0.05) is 5.69 Å². The lowest BCUT2D eigenvalue weighted by atomic mass is 10.1. The van der Waals surface area contributed by atoms with E-state index in [1.54, 1.807) is 49.4 Å². The lowest BCUT2D eigenvalue weighted by molar-refractivity contribution is -0.114. The molecule has 0 radical (unpaired) electrons. The molecule has 0 heterocycles. The van der Waals surface area contributed by atoms with E-state index in [2.05, 4.69) is 10.6 Å². The van der Waals surface area contributed by atoms with Crippen LogP contribution >= 0.6 is 0 Å². The number of anilines is 2. The van der Waals surface area contributed by atoms with Gasteiger partial charge in [0.25, 0.3) is 0 Å². The van der Waals surface area contributed by atoms with Gasteiger partial charge in [-0.25, -0.2) is 9.59 Å². The van der Waals surface area contributed by atoms with Crippen molar-refractivity contribution in [3.63, 3.8) is 0 Å². The van der Waals surface area contributed by atoms with Gasteiger partial charge in [0.2, 0.25) is 5.91 Å². The van der Waals surface area contributed by atoms with Crippen molar-refractivity contribution in [2.45, 2.75) is 13.8 Å². The van der Waals surface area contributed by atoms with Crippen LogP contribution in [0.5, 0.6) is 0 Å². The Morgan fingerprint density at radius 2 is 1.74 bits per heavy atom. The Labute approximate surface area is 157 Å². The second-order valence-corrected chi connectivity index (χ2v) is 5.69. The van der Waals surface area contributed by atoms with Gasteiger partial charge in [-0.3, -0.25) is 4.79 Å². The van der Waals surface area contributed by atoms with E-state index < -0.39 is 11.9 Å². The van der Waals surface area contributed by atoms with Crippen LogP contribution in [0.2, 0.25) is 0 Å². The second-order valence-electron chi connectivity index (χ2n) is 5.69. The second kappa shape index (κ2) is 9.38. The molecule has 0 fully saturated rings. The average Bonchev–Trinajstić information content (AvgIpc) is 2.67. The Kier molecular flexibility index (Phi) is 6.93. The predicted octanol–water partition coefficient (Wildman–Crippen LogP) is 3.01. The van der Waals surface area contributed by atoms with Crippen LogP contribution in [0.4, 0.5) is 11.4 Å². The Morgan fingerprint density at radius 3 is 2.44 bits per heavy atom. The van der Waals surface area contributed by atoms with E-state index in [4.69, 9.17) is 9.47 Å². The van der Waals surface area contributed by atoms with Crippen LogP contribution in [0.25, 0.3) is 0 Å². The molecule has 27 heavy (non-hydrogen) atoms. The van der Waals surface area contributed by atoms with Crippen LogP contribution in [0.3, 0.4) is 0 Å². The molecule has 2 rings (SSSR count). The molecule has 0 aliphatic rings. The number of benzene rings is 2. The maximum atomic E-state index is 12.3. The standard InChI is InChI=1S/C20H22N2O5/c1-4-27-20(25)15-7-5-6-8-16(15)22-18(23)12-21-17-11-14(19(24)26-3)10-9-13(17)2/h5-11,21H,4,12H2,1-3H3,(H,22,23). The molecule has 2 N–H and O–H groups in total. The first kappa shape index (κ1) is 20.0. The number of nitrogens with one attached hydrogen (secondary N) is 2. The van der Waals surface area contributed by atoms with Crippen LogP contribution in [0.1, 0.15) is 33.2 Å². The number of ether oxygens (including phenoxy) is 2. The summed E-state index contributed by atoms with van der Waals surface area (Å²) in [5.41, 5.74) is 2.58. The van der Waals surface area contributed by atoms with Crippen molar-refractivity contribution in [1.82, 2.24) is 0 Å². The summed E-state index contributed by atoms with van der Waals surface area (Å²) < 4.78 is 9.69. The van der Waals surface area contributed by atoms with Gasteiger partial charge in [0.1, 0.15) is 0 Å². The Hall–Kier alpha value is -3.35. The summed E-state index contributed by atoms with van der Waals surface area (Å²) in [6.07, 6.45) is 0. The van der Waals surface area contributed by atoms with Crippen molar-refractivity contribution < 1.29 is 23.9 Å². The van der Waals surface area contributed by atoms with E-state index in [0.717, 1.165) is 5.56 Å². The third-order valence-electron chi connectivity index (χ3n) is 3.79. The maximum absolute atomic E-state index is 12.3. The van der Waals surface area contributed by atoms with Gasteiger partial charge < -0.3 is 20.1 Å². The van der Waals surface area contributed by atoms with Crippen LogP contribution in [0, 0.1) is 6.92 Å². The highest BCUT2D eigenvalue weighted by Crippen LogP contribution is 2.18. The number of rotatable bonds is 7. The number of hydrogen-bond donors (Lipinski definition) is 2. The topological polar surface area (TPSA) is 93.7 Å². The fourth-order valence-electron chi connectivity index (χ4n) is 2.41. The van der Waals surface area contributed by atoms with E-state index in [1.807, 2.05) is 6.92 Å². The van der Waals surface area contributed by atoms with Gasteiger partial charge >= 0.3 is 11.9 Å². The molecule has 2 aromatic rings. The van der Waals surface area contributed by atoms with E-state index >= 15 is 0 Å². The number of amides is 1. The van der Waals surface area contributed by atoms with E-state index in [9.17, 15) is 14.4 Å². The average molecular weight is 370 g/mol. The number of carbonyl (C=O) groups excluding carboxylic acids is 3. The number of para-hydroxylation sites is 1. The zero-order valence-corrected chi connectivity index (χ0v) is 15.5. The zero-order valence-electron chi connectivity index (χ0n) is 15.5. The summed E-state index contributed by atoms with van der Waals surface area (Å²) in [5, 5.41) is 5.68. The molecule has 0 atom stereocenters. The van der Waals surface area contributed by atoms with Crippen LogP contribution < -0.4 is 10.6 Å². The Bertz CT molecular complexity index is 848. The molecular weight excluding hydrogens is 348 g/mol. The lowest BCUT2D eigenvalue weighted by Gasteiger charge is -2.13. The van der Waals surface area contributed by atoms with Crippen molar-refractivity contribution in [3.05, 3.63) is 59.2 Å². The van der Waals surface area contributed by atoms with Gasteiger partial charge in [0.05, 0.1) is 37.1 Å². The molecule has 0 saturated carbocycles. The Balaban J connectivity index is 2.06. The first-order valence-corrected chi connectivity index (χ1v) is 8.45. The molecule has 142 valence electrons. The third kappa shape index (κ3) is 5.31. The van der Waals surface area contributed by atoms with Crippen LogP contribution in [-0.4, -0.2) is 38.1 Å². The highest BCUT2D eigenvalue weighted by molar-refractivity contribution is 6.02. The molecule has 7 nitrogen and oxygen atoms in total. The maximum Gasteiger partial charge on any atom is 0.340 e. The van der Waals surface area contributed by atoms with Crippen molar-refractivity contribution in [2.24, 2.45) is 0 Å². The molecule has 0 aliphatic heterocycles. The van der Waals surface area contributed by atoms with Crippen molar-refractivity contribution in [1.29, 1.82) is 0 Å². The summed E-state index contributed by atoms with van der Waals surface area (Å²) in [7, 11) is 1.31. The predicted molar refractivity (Wildman–Crippen MR) is 102 cm³/mol. The summed E-state index contributed by atoms with van der Waals surface area (Å²) in [5.74, 6) is -1.29. The Morgan fingerprint density at radius 1 is 1.00 bits per heavy atom. The molecule has 0 unspecified atom stereocenters. The molecule has 0 aliphatic carbocycles. The minimum Gasteiger partial charge on any atom is -0.465 e. The first-order chi connectivity index (χ1) is 13.0. The monoisotopic (exact) mass is 370 g/mol. The number of esters is 2. The van der Waals surface area contributed by atoms with Crippen molar-refractivity contribution in [2.75, 3.05) is 30.9 Å². The van der Waals surface area contributed by atoms with Gasteiger partial charge in [-0.05, 0) is 43.7 Å². The fourth-order valence-corrected chi connectivity index (χ4v) is 2.41. The van der Waals surface area contributed by atoms with E-state index in [1.165, 1.54) is 7.11 Å². The highest BCUT2D eigenvalue weighted by atomic mass is 16.5. The fraction of sp³-hybridized carbons (Fsp3) is 0.250. The number of aryl methyl sites for hydroxylation is 1. The largest absolute Gasteiger partial charge is 0.465 e. The zero-order chi connectivity index (χ0) is 19.8. The van der Waals surface area contributed by atoms with Gasteiger partial charge in [-0.2, -0.15) is 0 Å². The quantitative estimate of drug-likeness (QED) is 0.728. The highest BCUT2D eigenvalue weighted by Gasteiger charge is 2.14. The number of hydrogen-bond acceptors (Lipinski definition) is 6. The molecular formula is C20H22N2O5. The molecule has 0 saturated heterocycles. The molecule has 2 aromatic carbocycles. The molecule has 0 aromatic heterocycles. The molecule has 0 spiro atoms. The normalized spacial score (nSPS) is 10.0. The minimum absolute atomic E-state index is 0.0391. The van der Waals surface area contributed by atoms with Crippen molar-refractivity contribution in [3.8, 4) is 0 Å². The van der Waals surface area contributed by atoms with Crippen LogP contribution in [0.15, 0.2) is 42.5 Å². The molecule has 1 amide bonds. The first-order valence-electron chi connectivity index (χ1n) is 8.45. The van der Waals surface area contributed by atoms with E-state index in [-0.39, 0.29) is 24.6 Å². The number of carbonyl (C=O) groups is 3. The summed E-state index contributed by atoms with van der Waals surface area (Å²) in [6.45, 7) is 3.78. The van der Waals surface area contributed by atoms with Gasteiger partial charge in [-0.15, -0.1) is 0 Å². The molecule has 7 heteroatoms. The smallest absolute Gasteiger partial charge is 0.340 e. The minimum atomic E-state index is -0.497. The molecule has 0 bridgehead atoms.